The van der Waals surface area contributed by atoms with Crippen molar-refractivity contribution in [3.63, 3.8) is 0 Å². The van der Waals surface area contributed by atoms with Crippen LogP contribution in [0.25, 0.3) is 0 Å². The topological polar surface area (TPSA) is 52.6 Å². The molecule has 0 saturated carbocycles. The number of carbonyl (C=O) groups is 2. The number of esters is 2. The molecule has 4 nitrogen and oxygen atoms in total. The fourth-order valence-electron chi connectivity index (χ4n) is 2.53. The Labute approximate surface area is 151 Å². The van der Waals surface area contributed by atoms with E-state index in [2.05, 4.69) is 6.92 Å². The standard InChI is InChI=1S/C21H32O4/c1-4-6-7-8-9-10-12-17(3)21(23)25-19-15-13-18(14-16-19)24-20(22)11-5-2/h13-17H,4-12H2,1-3H3. The molecule has 0 N–H and O–H groups in total. The first-order valence-corrected chi connectivity index (χ1v) is 9.59. The molecule has 0 fully saturated rings. The summed E-state index contributed by atoms with van der Waals surface area (Å²) >= 11 is 0. The summed E-state index contributed by atoms with van der Waals surface area (Å²) < 4.78 is 10.6. The fourth-order valence-corrected chi connectivity index (χ4v) is 2.53. The van der Waals surface area contributed by atoms with E-state index in [1.165, 1.54) is 32.1 Å². The molecule has 1 unspecified atom stereocenters. The third-order valence-corrected chi connectivity index (χ3v) is 4.12. The maximum absolute atomic E-state index is 12.1. The first-order valence-electron chi connectivity index (χ1n) is 9.59. The van der Waals surface area contributed by atoms with E-state index in [9.17, 15) is 9.59 Å². The Kier molecular flexibility index (Phi) is 10.6. The molecule has 0 heterocycles. The summed E-state index contributed by atoms with van der Waals surface area (Å²) in [5.41, 5.74) is 0. The molecule has 0 radical (unpaired) electrons. The molecular formula is C21H32O4. The molecule has 4 heteroatoms. The van der Waals surface area contributed by atoms with E-state index in [1.54, 1.807) is 24.3 Å². The van der Waals surface area contributed by atoms with Crippen LogP contribution in [-0.2, 0) is 9.59 Å². The maximum Gasteiger partial charge on any atom is 0.314 e. The van der Waals surface area contributed by atoms with Crippen molar-refractivity contribution in [3.05, 3.63) is 24.3 Å². The Balaban J connectivity index is 2.32. The van der Waals surface area contributed by atoms with Crippen LogP contribution in [-0.4, -0.2) is 11.9 Å². The second-order valence-electron chi connectivity index (χ2n) is 6.57. The van der Waals surface area contributed by atoms with Gasteiger partial charge in [0.25, 0.3) is 0 Å². The number of rotatable bonds is 12. The first-order chi connectivity index (χ1) is 12.1. The van der Waals surface area contributed by atoms with Gasteiger partial charge in [0.2, 0.25) is 0 Å². The molecule has 1 rings (SSSR count). The molecule has 25 heavy (non-hydrogen) atoms. The van der Waals surface area contributed by atoms with Crippen LogP contribution in [0.2, 0.25) is 0 Å². The zero-order valence-corrected chi connectivity index (χ0v) is 15.9. The Hall–Kier alpha value is -1.84. The number of unbranched alkanes of at least 4 members (excludes halogenated alkanes) is 5. The average Bonchev–Trinajstić information content (AvgIpc) is 2.59. The van der Waals surface area contributed by atoms with Crippen molar-refractivity contribution in [1.29, 1.82) is 0 Å². The van der Waals surface area contributed by atoms with Crippen molar-refractivity contribution in [2.75, 3.05) is 0 Å². The van der Waals surface area contributed by atoms with Crippen molar-refractivity contribution in [1.82, 2.24) is 0 Å². The predicted molar refractivity (Wildman–Crippen MR) is 99.8 cm³/mol. The largest absolute Gasteiger partial charge is 0.427 e. The monoisotopic (exact) mass is 348 g/mol. The minimum atomic E-state index is -0.250. The second-order valence-corrected chi connectivity index (χ2v) is 6.57. The average molecular weight is 348 g/mol. The molecule has 1 aromatic carbocycles. The lowest BCUT2D eigenvalue weighted by Crippen LogP contribution is -2.17. The smallest absolute Gasteiger partial charge is 0.314 e. The Morgan fingerprint density at radius 3 is 2.00 bits per heavy atom. The number of hydrogen-bond donors (Lipinski definition) is 0. The summed E-state index contributed by atoms with van der Waals surface area (Å²) in [5, 5.41) is 0. The summed E-state index contributed by atoms with van der Waals surface area (Å²) in [6.07, 6.45) is 9.32. The molecule has 0 aliphatic carbocycles. The predicted octanol–water partition coefficient (Wildman–Crippen LogP) is 5.68. The van der Waals surface area contributed by atoms with Gasteiger partial charge in [-0.3, -0.25) is 9.59 Å². The van der Waals surface area contributed by atoms with Gasteiger partial charge < -0.3 is 9.47 Å². The van der Waals surface area contributed by atoms with Crippen molar-refractivity contribution in [2.24, 2.45) is 5.92 Å². The zero-order chi connectivity index (χ0) is 18.5. The highest BCUT2D eigenvalue weighted by Gasteiger charge is 2.15. The maximum atomic E-state index is 12.1. The van der Waals surface area contributed by atoms with Gasteiger partial charge in [-0.25, -0.2) is 0 Å². The van der Waals surface area contributed by atoms with Gasteiger partial charge in [-0.1, -0.05) is 59.3 Å². The molecule has 0 aromatic heterocycles. The zero-order valence-electron chi connectivity index (χ0n) is 15.9. The van der Waals surface area contributed by atoms with E-state index in [0.717, 1.165) is 19.3 Å². The highest BCUT2D eigenvalue weighted by Crippen LogP contribution is 2.20. The molecule has 0 aliphatic heterocycles. The fraction of sp³-hybridized carbons (Fsp3) is 0.619. The molecule has 140 valence electrons. The van der Waals surface area contributed by atoms with Gasteiger partial charge in [-0.05, 0) is 37.1 Å². The van der Waals surface area contributed by atoms with Gasteiger partial charge >= 0.3 is 11.9 Å². The van der Waals surface area contributed by atoms with Crippen LogP contribution in [0, 0.1) is 5.92 Å². The Morgan fingerprint density at radius 2 is 1.40 bits per heavy atom. The lowest BCUT2D eigenvalue weighted by atomic mass is 10.0. The molecule has 0 aliphatic rings. The van der Waals surface area contributed by atoms with Crippen molar-refractivity contribution in [2.45, 2.75) is 78.6 Å². The van der Waals surface area contributed by atoms with Gasteiger partial charge in [0.1, 0.15) is 11.5 Å². The molecule has 1 aromatic rings. The van der Waals surface area contributed by atoms with Gasteiger partial charge in [0.15, 0.2) is 0 Å². The lowest BCUT2D eigenvalue weighted by Gasteiger charge is -2.11. The van der Waals surface area contributed by atoms with Crippen molar-refractivity contribution in [3.8, 4) is 11.5 Å². The lowest BCUT2D eigenvalue weighted by molar-refractivity contribution is -0.138. The van der Waals surface area contributed by atoms with Crippen molar-refractivity contribution < 1.29 is 19.1 Å². The second kappa shape index (κ2) is 12.5. The van der Waals surface area contributed by atoms with E-state index < -0.39 is 0 Å². The van der Waals surface area contributed by atoms with Crippen LogP contribution < -0.4 is 9.47 Å². The Bertz CT molecular complexity index is 507. The van der Waals surface area contributed by atoms with E-state index in [4.69, 9.17) is 9.47 Å². The molecule has 0 spiro atoms. The summed E-state index contributed by atoms with van der Waals surface area (Å²) in [7, 11) is 0. The van der Waals surface area contributed by atoms with E-state index in [-0.39, 0.29) is 17.9 Å². The number of carbonyl (C=O) groups excluding carboxylic acids is 2. The van der Waals surface area contributed by atoms with Crippen LogP contribution in [0.15, 0.2) is 24.3 Å². The minimum absolute atomic E-state index is 0.103. The van der Waals surface area contributed by atoms with Gasteiger partial charge in [-0.15, -0.1) is 0 Å². The van der Waals surface area contributed by atoms with Gasteiger partial charge in [-0.2, -0.15) is 0 Å². The summed E-state index contributed by atoms with van der Waals surface area (Å²) in [6.45, 7) is 6.05. The number of hydrogen-bond acceptors (Lipinski definition) is 4. The normalized spacial score (nSPS) is 11.8. The van der Waals surface area contributed by atoms with Gasteiger partial charge in [0.05, 0.1) is 5.92 Å². The number of benzene rings is 1. The van der Waals surface area contributed by atoms with Crippen molar-refractivity contribution >= 4 is 11.9 Å². The van der Waals surface area contributed by atoms with E-state index in [1.807, 2.05) is 13.8 Å². The quantitative estimate of drug-likeness (QED) is 0.277. The highest BCUT2D eigenvalue weighted by atomic mass is 16.5. The molecule has 0 amide bonds. The summed E-state index contributed by atoms with van der Waals surface area (Å²) in [4.78, 5) is 23.6. The summed E-state index contributed by atoms with van der Waals surface area (Å²) in [5.74, 6) is 0.394. The third-order valence-electron chi connectivity index (χ3n) is 4.12. The van der Waals surface area contributed by atoms with Crippen LogP contribution in [0.1, 0.15) is 78.6 Å². The van der Waals surface area contributed by atoms with Crippen LogP contribution in [0.5, 0.6) is 11.5 Å². The minimum Gasteiger partial charge on any atom is -0.427 e. The molecule has 0 saturated heterocycles. The van der Waals surface area contributed by atoms with E-state index in [0.29, 0.717) is 17.9 Å². The highest BCUT2D eigenvalue weighted by molar-refractivity contribution is 5.75. The first kappa shape index (κ1) is 21.2. The van der Waals surface area contributed by atoms with Gasteiger partial charge in [0, 0.05) is 6.42 Å². The van der Waals surface area contributed by atoms with Crippen LogP contribution in [0.3, 0.4) is 0 Å². The van der Waals surface area contributed by atoms with Crippen LogP contribution >= 0.6 is 0 Å². The Morgan fingerprint density at radius 1 is 0.840 bits per heavy atom. The number of ether oxygens (including phenoxy) is 2. The third kappa shape index (κ3) is 9.28. The van der Waals surface area contributed by atoms with E-state index >= 15 is 0 Å². The molecular weight excluding hydrogens is 316 g/mol. The molecule has 1 atom stereocenters. The molecule has 0 bridgehead atoms. The summed E-state index contributed by atoms with van der Waals surface area (Å²) in [6, 6.07) is 6.61. The van der Waals surface area contributed by atoms with Crippen LogP contribution in [0.4, 0.5) is 0 Å². The SMILES string of the molecule is CCCCCCCCC(C)C(=O)Oc1ccc(OC(=O)CCC)cc1.